The number of rotatable bonds is 8. The van der Waals surface area contributed by atoms with Crippen molar-refractivity contribution >= 4 is 27.3 Å². The number of amides is 1. The van der Waals surface area contributed by atoms with Crippen LogP contribution in [0.5, 0.6) is 5.75 Å². The van der Waals surface area contributed by atoms with Crippen molar-refractivity contribution in [3.05, 3.63) is 114 Å². The highest BCUT2D eigenvalue weighted by Gasteiger charge is 2.23. The molecule has 0 aliphatic rings. The van der Waals surface area contributed by atoms with E-state index < -0.39 is 21.8 Å². The number of nitrogens with one attached hydrogen (secondary N) is 2. The molecular formula is C28H25N3O4S. The molecule has 0 aliphatic heterocycles. The lowest BCUT2D eigenvalue weighted by molar-refractivity contribution is -0.123. The summed E-state index contributed by atoms with van der Waals surface area (Å²) >= 11 is 0. The van der Waals surface area contributed by atoms with Crippen LogP contribution in [0.15, 0.2) is 108 Å². The van der Waals surface area contributed by atoms with E-state index in [9.17, 15) is 13.2 Å². The predicted molar refractivity (Wildman–Crippen MR) is 141 cm³/mol. The van der Waals surface area contributed by atoms with Gasteiger partial charge in [-0.1, -0.05) is 72.8 Å². The largest absolute Gasteiger partial charge is 0.476 e. The summed E-state index contributed by atoms with van der Waals surface area (Å²) in [6.45, 7) is 0. The fraction of sp³-hybridized carbons (Fsp3) is 0.0714. The van der Waals surface area contributed by atoms with Crippen LogP contribution in [-0.2, 0) is 14.6 Å². The molecule has 4 aromatic rings. The lowest BCUT2D eigenvalue weighted by Crippen LogP contribution is -2.25. The number of hydrogen-bond donors (Lipinski definition) is 3. The molecule has 182 valence electrons. The molecular weight excluding hydrogens is 474 g/mol. The number of ether oxygens (including phenoxy) is 1. The minimum absolute atomic E-state index is 0.0984. The molecule has 1 unspecified atom stereocenters. The molecule has 0 fully saturated rings. The van der Waals surface area contributed by atoms with E-state index in [4.69, 9.17) is 15.9 Å². The first-order chi connectivity index (χ1) is 17.2. The minimum atomic E-state index is -3.40. The smallest absolute Gasteiger partial charge is 0.270 e. The first kappa shape index (κ1) is 24.7. The molecule has 0 spiro atoms. The van der Waals surface area contributed by atoms with E-state index >= 15 is 0 Å². The molecule has 1 amide bonds. The number of hydrogen-bond acceptors (Lipinski definition) is 5. The van der Waals surface area contributed by atoms with Crippen molar-refractivity contribution in [3.8, 4) is 16.9 Å². The van der Waals surface area contributed by atoms with E-state index in [1.807, 2.05) is 18.2 Å². The van der Waals surface area contributed by atoms with Crippen LogP contribution in [0.4, 0.5) is 5.69 Å². The Morgan fingerprint density at radius 2 is 1.56 bits per heavy atom. The van der Waals surface area contributed by atoms with Crippen molar-refractivity contribution in [1.29, 1.82) is 5.41 Å². The van der Waals surface area contributed by atoms with Crippen LogP contribution in [-0.4, -0.2) is 26.4 Å². The molecule has 0 radical (unpaired) electrons. The van der Waals surface area contributed by atoms with Gasteiger partial charge in [0.2, 0.25) is 6.10 Å². The zero-order valence-electron chi connectivity index (χ0n) is 19.5. The van der Waals surface area contributed by atoms with Crippen molar-refractivity contribution in [2.75, 3.05) is 11.6 Å². The van der Waals surface area contributed by atoms with E-state index in [0.29, 0.717) is 33.7 Å². The van der Waals surface area contributed by atoms with Gasteiger partial charge in [0, 0.05) is 28.6 Å². The monoisotopic (exact) mass is 499 g/mol. The third-order valence-electron chi connectivity index (χ3n) is 5.49. The Morgan fingerprint density at radius 1 is 0.889 bits per heavy atom. The highest BCUT2D eigenvalue weighted by molar-refractivity contribution is 7.90. The predicted octanol–water partition coefficient (Wildman–Crippen LogP) is 4.80. The summed E-state index contributed by atoms with van der Waals surface area (Å²) in [5, 5.41) is 10.5. The fourth-order valence-electron chi connectivity index (χ4n) is 3.74. The van der Waals surface area contributed by atoms with Crippen LogP contribution in [0.2, 0.25) is 0 Å². The van der Waals surface area contributed by atoms with Gasteiger partial charge in [0.05, 0.1) is 4.90 Å². The first-order valence-corrected chi connectivity index (χ1v) is 13.0. The second kappa shape index (κ2) is 10.5. The lowest BCUT2D eigenvalue weighted by atomic mass is 10.0. The number of anilines is 1. The summed E-state index contributed by atoms with van der Waals surface area (Å²) in [6, 6.07) is 29.5. The zero-order chi connectivity index (χ0) is 25.7. The Kier molecular flexibility index (Phi) is 7.17. The summed E-state index contributed by atoms with van der Waals surface area (Å²) in [5.74, 6) is -0.0863. The fourth-order valence-corrected chi connectivity index (χ4v) is 4.65. The Balaban J connectivity index is 1.59. The van der Waals surface area contributed by atoms with Crippen molar-refractivity contribution in [2.45, 2.75) is 11.0 Å². The quantitative estimate of drug-likeness (QED) is 0.237. The van der Waals surface area contributed by atoms with Gasteiger partial charge in [0.25, 0.3) is 5.91 Å². The molecule has 4 rings (SSSR count). The van der Waals surface area contributed by atoms with Gasteiger partial charge in [-0.05, 0) is 35.9 Å². The molecule has 8 heteroatoms. The molecule has 0 aliphatic carbocycles. The number of carbonyl (C=O) groups excluding carboxylic acids is 1. The van der Waals surface area contributed by atoms with Gasteiger partial charge in [-0.25, -0.2) is 8.42 Å². The Bertz CT molecular complexity index is 1500. The van der Waals surface area contributed by atoms with Gasteiger partial charge in [-0.2, -0.15) is 0 Å². The summed E-state index contributed by atoms with van der Waals surface area (Å²) in [6.07, 6.45) is 0.218. The number of sulfone groups is 1. The molecule has 0 aromatic heterocycles. The third kappa shape index (κ3) is 5.79. The van der Waals surface area contributed by atoms with Gasteiger partial charge in [0.15, 0.2) is 9.84 Å². The molecule has 0 saturated carbocycles. The van der Waals surface area contributed by atoms with Crippen LogP contribution in [0.1, 0.15) is 17.2 Å². The summed E-state index contributed by atoms with van der Waals surface area (Å²) < 4.78 is 30.4. The maximum Gasteiger partial charge on any atom is 0.270 e. The standard InChI is InChI=1S/C28H25N3O4S/c1-36(33,34)25-13-6-5-12-24(25)19-14-16-22(17-15-19)31-28(32)26(20-8-3-2-4-9-20)35-23-11-7-10-21(18-23)27(29)30/h2-18,26H,1H3,(H3,29,30)(H,31,32). The van der Waals surface area contributed by atoms with Crippen LogP contribution < -0.4 is 15.8 Å². The number of nitrogens with two attached hydrogens (primary N) is 1. The molecule has 4 N–H and O–H groups in total. The normalized spacial score (nSPS) is 11.9. The number of nitrogen functional groups attached to an aromatic ring is 1. The summed E-state index contributed by atoms with van der Waals surface area (Å²) in [7, 11) is -3.40. The van der Waals surface area contributed by atoms with E-state index in [1.54, 1.807) is 84.9 Å². The van der Waals surface area contributed by atoms with E-state index in [2.05, 4.69) is 5.32 Å². The Labute approximate surface area is 210 Å². The Hall–Kier alpha value is -4.43. The van der Waals surface area contributed by atoms with Crippen LogP contribution in [0, 0.1) is 5.41 Å². The van der Waals surface area contributed by atoms with Crippen molar-refractivity contribution in [3.63, 3.8) is 0 Å². The van der Waals surface area contributed by atoms with E-state index in [-0.39, 0.29) is 10.7 Å². The topological polar surface area (TPSA) is 122 Å². The van der Waals surface area contributed by atoms with Crippen molar-refractivity contribution < 1.29 is 17.9 Å². The second-order valence-corrected chi connectivity index (χ2v) is 10.2. The maximum absolute atomic E-state index is 13.3. The number of benzene rings is 4. The molecule has 0 saturated heterocycles. The lowest BCUT2D eigenvalue weighted by Gasteiger charge is -2.20. The van der Waals surface area contributed by atoms with E-state index in [1.165, 1.54) is 6.26 Å². The number of carbonyl (C=O) groups is 1. The van der Waals surface area contributed by atoms with Gasteiger partial charge < -0.3 is 15.8 Å². The van der Waals surface area contributed by atoms with Gasteiger partial charge in [-0.15, -0.1) is 0 Å². The molecule has 36 heavy (non-hydrogen) atoms. The molecule has 0 heterocycles. The van der Waals surface area contributed by atoms with Crippen LogP contribution in [0.3, 0.4) is 0 Å². The van der Waals surface area contributed by atoms with E-state index in [0.717, 1.165) is 0 Å². The van der Waals surface area contributed by atoms with Gasteiger partial charge >= 0.3 is 0 Å². The summed E-state index contributed by atoms with van der Waals surface area (Å²) in [5.41, 5.74) is 8.57. The first-order valence-electron chi connectivity index (χ1n) is 11.1. The van der Waals surface area contributed by atoms with Gasteiger partial charge in [-0.3, -0.25) is 10.2 Å². The second-order valence-electron chi connectivity index (χ2n) is 8.19. The van der Waals surface area contributed by atoms with Crippen molar-refractivity contribution in [2.24, 2.45) is 5.73 Å². The highest BCUT2D eigenvalue weighted by Crippen LogP contribution is 2.29. The maximum atomic E-state index is 13.3. The van der Waals surface area contributed by atoms with Crippen molar-refractivity contribution in [1.82, 2.24) is 0 Å². The zero-order valence-corrected chi connectivity index (χ0v) is 20.3. The average Bonchev–Trinajstić information content (AvgIpc) is 2.88. The Morgan fingerprint density at radius 3 is 2.22 bits per heavy atom. The minimum Gasteiger partial charge on any atom is -0.476 e. The highest BCUT2D eigenvalue weighted by atomic mass is 32.2. The van der Waals surface area contributed by atoms with Crippen LogP contribution >= 0.6 is 0 Å². The number of amidine groups is 1. The molecule has 0 bridgehead atoms. The van der Waals surface area contributed by atoms with Crippen LogP contribution in [0.25, 0.3) is 11.1 Å². The SMILES string of the molecule is CS(=O)(=O)c1ccccc1-c1ccc(NC(=O)C(Oc2cccc(C(=N)N)c2)c2ccccc2)cc1. The molecule has 1 atom stereocenters. The molecule has 7 nitrogen and oxygen atoms in total. The summed E-state index contributed by atoms with van der Waals surface area (Å²) in [4.78, 5) is 13.5. The molecule has 4 aromatic carbocycles. The average molecular weight is 500 g/mol. The van der Waals surface area contributed by atoms with Gasteiger partial charge in [0.1, 0.15) is 11.6 Å². The third-order valence-corrected chi connectivity index (χ3v) is 6.64.